The average molecular weight is 507 g/mol. The summed E-state index contributed by atoms with van der Waals surface area (Å²) in [5.74, 6) is 0.223. The van der Waals surface area contributed by atoms with E-state index in [2.05, 4.69) is 42.2 Å². The summed E-state index contributed by atoms with van der Waals surface area (Å²) in [4.78, 5) is 16.9. The first-order valence-electron chi connectivity index (χ1n) is 7.92. The number of hydrogen-bond acceptors (Lipinski definition) is 3. The number of amides is 1. The maximum Gasteiger partial charge on any atom is 0.255 e. The molecule has 0 bridgehead atoms. The summed E-state index contributed by atoms with van der Waals surface area (Å²) in [5, 5.41) is 3.42. The molecule has 1 aromatic heterocycles. The summed E-state index contributed by atoms with van der Waals surface area (Å²) >= 11 is 13.0. The van der Waals surface area contributed by atoms with Gasteiger partial charge in [0, 0.05) is 20.2 Å². The molecule has 134 valence electrons. The standard InChI is InChI=1S/C20H11Br2ClN2O2/c21-12-3-1-2-11(8-12)19(26)24-14-5-7-18-17(10-14)25-20(27-18)15-9-13(22)4-6-16(15)23/h1-10H,(H,24,26). The predicted octanol–water partition coefficient (Wildman–Crippen LogP) is 6.93. The summed E-state index contributed by atoms with van der Waals surface area (Å²) in [5.41, 5.74) is 3.13. The molecule has 4 nitrogen and oxygen atoms in total. The molecule has 0 saturated heterocycles. The Morgan fingerprint density at radius 3 is 2.63 bits per heavy atom. The molecule has 1 amide bonds. The van der Waals surface area contributed by atoms with Crippen LogP contribution in [0.25, 0.3) is 22.6 Å². The molecule has 7 heteroatoms. The van der Waals surface area contributed by atoms with Gasteiger partial charge >= 0.3 is 0 Å². The number of anilines is 1. The largest absolute Gasteiger partial charge is 0.436 e. The number of hydrogen-bond donors (Lipinski definition) is 1. The third kappa shape index (κ3) is 3.93. The van der Waals surface area contributed by atoms with Crippen molar-refractivity contribution in [3.8, 4) is 11.5 Å². The van der Waals surface area contributed by atoms with Gasteiger partial charge in [0.1, 0.15) is 5.52 Å². The van der Waals surface area contributed by atoms with Gasteiger partial charge in [-0.25, -0.2) is 4.98 Å². The molecule has 0 saturated carbocycles. The summed E-state index contributed by atoms with van der Waals surface area (Å²) < 4.78 is 7.54. The van der Waals surface area contributed by atoms with E-state index in [9.17, 15) is 4.79 Å². The Labute approximate surface area is 176 Å². The van der Waals surface area contributed by atoms with Gasteiger partial charge in [0.15, 0.2) is 5.58 Å². The molecule has 3 aromatic carbocycles. The lowest BCUT2D eigenvalue weighted by Crippen LogP contribution is -2.11. The van der Waals surface area contributed by atoms with Gasteiger partial charge in [-0.2, -0.15) is 0 Å². The first kappa shape index (κ1) is 18.2. The van der Waals surface area contributed by atoms with Crippen LogP contribution in [0.1, 0.15) is 10.4 Å². The number of nitrogens with one attached hydrogen (secondary N) is 1. The Morgan fingerprint density at radius 2 is 1.81 bits per heavy atom. The molecule has 0 radical (unpaired) electrons. The monoisotopic (exact) mass is 504 g/mol. The highest BCUT2D eigenvalue weighted by molar-refractivity contribution is 9.10. The fourth-order valence-electron chi connectivity index (χ4n) is 2.61. The van der Waals surface area contributed by atoms with Crippen molar-refractivity contribution in [2.45, 2.75) is 0 Å². The molecule has 0 fully saturated rings. The molecule has 27 heavy (non-hydrogen) atoms. The predicted molar refractivity (Wildman–Crippen MR) is 114 cm³/mol. The molecule has 4 rings (SSSR count). The zero-order chi connectivity index (χ0) is 19.0. The minimum atomic E-state index is -0.200. The SMILES string of the molecule is O=C(Nc1ccc2oc(-c3cc(Br)ccc3Cl)nc2c1)c1cccc(Br)c1. The number of benzene rings is 3. The second kappa shape index (κ2) is 7.46. The van der Waals surface area contributed by atoms with E-state index in [-0.39, 0.29) is 5.91 Å². The van der Waals surface area contributed by atoms with Gasteiger partial charge in [0.25, 0.3) is 5.91 Å². The second-order valence-electron chi connectivity index (χ2n) is 5.79. The lowest BCUT2D eigenvalue weighted by Gasteiger charge is -2.05. The molecule has 0 aliphatic carbocycles. The van der Waals surface area contributed by atoms with Gasteiger partial charge in [0.05, 0.1) is 10.6 Å². The summed E-state index contributed by atoms with van der Waals surface area (Å²) in [6.45, 7) is 0. The van der Waals surface area contributed by atoms with Crippen LogP contribution in [0.4, 0.5) is 5.69 Å². The van der Waals surface area contributed by atoms with E-state index in [1.165, 1.54) is 0 Å². The van der Waals surface area contributed by atoms with E-state index < -0.39 is 0 Å². The third-order valence-electron chi connectivity index (χ3n) is 3.89. The van der Waals surface area contributed by atoms with E-state index in [4.69, 9.17) is 16.0 Å². The van der Waals surface area contributed by atoms with Crippen molar-refractivity contribution in [3.05, 3.63) is 80.2 Å². The summed E-state index contributed by atoms with van der Waals surface area (Å²) in [7, 11) is 0. The number of carbonyl (C=O) groups excluding carboxylic acids is 1. The maximum absolute atomic E-state index is 12.4. The van der Waals surface area contributed by atoms with E-state index in [0.717, 1.165) is 8.95 Å². The number of carbonyl (C=O) groups is 1. The minimum Gasteiger partial charge on any atom is -0.436 e. The van der Waals surface area contributed by atoms with Crippen molar-refractivity contribution >= 4 is 66.2 Å². The van der Waals surface area contributed by atoms with Crippen LogP contribution >= 0.6 is 43.5 Å². The number of fused-ring (bicyclic) bond motifs is 1. The van der Waals surface area contributed by atoms with Gasteiger partial charge in [-0.3, -0.25) is 4.79 Å². The molecular weight excluding hydrogens is 495 g/mol. The normalized spacial score (nSPS) is 10.9. The first-order chi connectivity index (χ1) is 13.0. The van der Waals surface area contributed by atoms with Crippen LogP contribution in [0.5, 0.6) is 0 Å². The summed E-state index contributed by atoms with van der Waals surface area (Å²) in [6.07, 6.45) is 0. The van der Waals surface area contributed by atoms with Crippen LogP contribution < -0.4 is 5.32 Å². The molecule has 0 aliphatic rings. The van der Waals surface area contributed by atoms with E-state index in [1.807, 2.05) is 24.3 Å². The van der Waals surface area contributed by atoms with Crippen molar-refractivity contribution in [2.75, 3.05) is 5.32 Å². The lowest BCUT2D eigenvalue weighted by molar-refractivity contribution is 0.102. The van der Waals surface area contributed by atoms with E-state index in [0.29, 0.717) is 38.8 Å². The van der Waals surface area contributed by atoms with Crippen molar-refractivity contribution in [1.29, 1.82) is 0 Å². The van der Waals surface area contributed by atoms with Gasteiger partial charge in [0.2, 0.25) is 5.89 Å². The van der Waals surface area contributed by atoms with Crippen LogP contribution in [0.2, 0.25) is 5.02 Å². The average Bonchev–Trinajstić information content (AvgIpc) is 3.07. The van der Waals surface area contributed by atoms with Crippen molar-refractivity contribution in [1.82, 2.24) is 4.98 Å². The van der Waals surface area contributed by atoms with E-state index in [1.54, 1.807) is 36.4 Å². The van der Waals surface area contributed by atoms with Gasteiger partial charge in [-0.1, -0.05) is 49.5 Å². The fraction of sp³-hybridized carbons (Fsp3) is 0. The quantitative estimate of drug-likeness (QED) is 0.328. The Hall–Kier alpha value is -2.15. The van der Waals surface area contributed by atoms with Gasteiger partial charge in [-0.15, -0.1) is 0 Å². The van der Waals surface area contributed by atoms with Crippen LogP contribution in [0, 0.1) is 0 Å². The number of aromatic nitrogens is 1. The van der Waals surface area contributed by atoms with Gasteiger partial charge in [-0.05, 0) is 54.6 Å². The second-order valence-corrected chi connectivity index (χ2v) is 8.03. The number of halogens is 3. The zero-order valence-electron chi connectivity index (χ0n) is 13.7. The fourth-order valence-corrected chi connectivity index (χ4v) is 3.57. The smallest absolute Gasteiger partial charge is 0.255 e. The molecule has 0 spiro atoms. The minimum absolute atomic E-state index is 0.200. The highest BCUT2D eigenvalue weighted by Crippen LogP contribution is 2.33. The van der Waals surface area contributed by atoms with Crippen molar-refractivity contribution in [3.63, 3.8) is 0 Å². The number of nitrogens with zero attached hydrogens (tertiary/aromatic N) is 1. The zero-order valence-corrected chi connectivity index (χ0v) is 17.6. The molecular formula is C20H11Br2ClN2O2. The topological polar surface area (TPSA) is 55.1 Å². The Kier molecular flexibility index (Phi) is 5.04. The highest BCUT2D eigenvalue weighted by Gasteiger charge is 2.13. The molecule has 0 aliphatic heterocycles. The maximum atomic E-state index is 12.4. The Bertz CT molecular complexity index is 1170. The lowest BCUT2D eigenvalue weighted by atomic mass is 10.2. The summed E-state index contributed by atoms with van der Waals surface area (Å²) in [6, 6.07) is 18.0. The van der Waals surface area contributed by atoms with Crippen LogP contribution in [0.3, 0.4) is 0 Å². The van der Waals surface area contributed by atoms with Crippen molar-refractivity contribution < 1.29 is 9.21 Å². The number of rotatable bonds is 3. The molecule has 0 unspecified atom stereocenters. The number of oxazole rings is 1. The molecule has 0 atom stereocenters. The first-order valence-corrected chi connectivity index (χ1v) is 9.89. The molecule has 1 heterocycles. The van der Waals surface area contributed by atoms with Crippen molar-refractivity contribution in [2.24, 2.45) is 0 Å². The Morgan fingerprint density at radius 1 is 1.00 bits per heavy atom. The van der Waals surface area contributed by atoms with E-state index >= 15 is 0 Å². The van der Waals surface area contributed by atoms with Crippen LogP contribution in [-0.2, 0) is 0 Å². The highest BCUT2D eigenvalue weighted by atomic mass is 79.9. The molecule has 1 N–H and O–H groups in total. The Balaban J connectivity index is 1.65. The van der Waals surface area contributed by atoms with Crippen LogP contribution in [-0.4, -0.2) is 10.9 Å². The van der Waals surface area contributed by atoms with Crippen LogP contribution in [0.15, 0.2) is 74.0 Å². The molecule has 4 aromatic rings. The van der Waals surface area contributed by atoms with Gasteiger partial charge < -0.3 is 9.73 Å². The third-order valence-corrected chi connectivity index (χ3v) is 5.21.